The summed E-state index contributed by atoms with van der Waals surface area (Å²) in [5.41, 5.74) is 6.02. The first-order chi connectivity index (χ1) is 6.25. The molecule has 0 spiro atoms. The van der Waals surface area contributed by atoms with Crippen LogP contribution in [0.2, 0.25) is 0 Å². The van der Waals surface area contributed by atoms with E-state index in [1.807, 2.05) is 0 Å². The lowest BCUT2D eigenvalue weighted by Gasteiger charge is -2.06. The maximum absolute atomic E-state index is 11.5. The van der Waals surface area contributed by atoms with Gasteiger partial charge in [0.05, 0.1) is 11.6 Å². The Hall–Kier alpha value is -1.55. The number of hydrogen-bond donors (Lipinski definition) is 1. The number of carbonyl (C=O) groups is 1. The van der Waals surface area contributed by atoms with Crippen LogP contribution in [-0.2, 0) is 0 Å². The predicted molar refractivity (Wildman–Crippen MR) is 49.2 cm³/mol. The van der Waals surface area contributed by atoms with Gasteiger partial charge < -0.3 is 5.73 Å². The van der Waals surface area contributed by atoms with Crippen molar-refractivity contribution in [1.29, 1.82) is 0 Å². The van der Waals surface area contributed by atoms with E-state index >= 15 is 0 Å². The highest BCUT2D eigenvalue weighted by Crippen LogP contribution is 2.01. The normalized spacial score (nSPS) is 12.1. The highest BCUT2D eigenvalue weighted by molar-refractivity contribution is 5.99. The molecule has 0 amide bonds. The van der Waals surface area contributed by atoms with Gasteiger partial charge in [0, 0.05) is 12.4 Å². The average Bonchev–Trinajstić information content (AvgIpc) is 2.18. The van der Waals surface area contributed by atoms with Crippen LogP contribution in [0.1, 0.15) is 16.8 Å². The van der Waals surface area contributed by atoms with Crippen molar-refractivity contribution >= 4 is 5.78 Å². The number of nitrogens with zero attached hydrogens (tertiary/aromatic N) is 2. The first kappa shape index (κ1) is 9.54. The molecule has 0 bridgehead atoms. The summed E-state index contributed by atoms with van der Waals surface area (Å²) in [5.74, 6) is -0.152. The summed E-state index contributed by atoms with van der Waals surface area (Å²) in [5, 5.41) is 0. The third-order valence-corrected chi connectivity index (χ3v) is 1.60. The van der Waals surface area contributed by atoms with Crippen molar-refractivity contribution in [1.82, 2.24) is 9.97 Å². The Morgan fingerprint density at radius 3 is 2.77 bits per heavy atom. The fourth-order valence-corrected chi connectivity index (χ4v) is 0.927. The number of Topliss-reactive ketones (excluding diaryl/α,β-unsaturated/α-hetero) is 1. The van der Waals surface area contributed by atoms with E-state index in [9.17, 15) is 4.79 Å². The van der Waals surface area contributed by atoms with Gasteiger partial charge in [-0.1, -0.05) is 6.08 Å². The molecule has 68 valence electrons. The Kier molecular flexibility index (Phi) is 3.28. The fraction of sp³-hybridized carbons (Fsp3) is 0.222. The van der Waals surface area contributed by atoms with Gasteiger partial charge in [-0.05, 0) is 6.42 Å². The van der Waals surface area contributed by atoms with E-state index in [1.165, 1.54) is 18.7 Å². The molecular weight excluding hydrogens is 166 g/mol. The van der Waals surface area contributed by atoms with Gasteiger partial charge in [-0.25, -0.2) is 9.97 Å². The largest absolute Gasteiger partial charge is 0.321 e. The second-order valence-corrected chi connectivity index (χ2v) is 2.62. The molecule has 0 aliphatic rings. The van der Waals surface area contributed by atoms with Gasteiger partial charge in [0.1, 0.15) is 6.33 Å². The monoisotopic (exact) mass is 177 g/mol. The fourth-order valence-electron chi connectivity index (χ4n) is 0.927. The van der Waals surface area contributed by atoms with Crippen molar-refractivity contribution in [2.24, 2.45) is 5.73 Å². The van der Waals surface area contributed by atoms with Gasteiger partial charge in [0.25, 0.3) is 0 Å². The number of aromatic nitrogens is 2. The number of rotatable bonds is 4. The number of nitrogens with two attached hydrogens (primary N) is 1. The standard InChI is InChI=1S/C9H11N3O/c1-2-3-8(10)9(13)7-4-11-6-12-5-7/h2,4-6,8H,1,3,10H2. The molecule has 1 rings (SSSR count). The van der Waals surface area contributed by atoms with Crippen LogP contribution in [0.4, 0.5) is 0 Å². The highest BCUT2D eigenvalue weighted by Gasteiger charge is 2.13. The van der Waals surface area contributed by atoms with Gasteiger partial charge in [0.2, 0.25) is 0 Å². The lowest BCUT2D eigenvalue weighted by Crippen LogP contribution is -2.29. The minimum Gasteiger partial charge on any atom is -0.321 e. The molecular formula is C9H11N3O. The summed E-state index contributed by atoms with van der Waals surface area (Å²) in [4.78, 5) is 19.0. The molecule has 4 heteroatoms. The molecule has 1 heterocycles. The van der Waals surface area contributed by atoms with Crippen LogP contribution in [0, 0.1) is 0 Å². The maximum Gasteiger partial charge on any atom is 0.182 e. The van der Waals surface area contributed by atoms with E-state index in [1.54, 1.807) is 6.08 Å². The van der Waals surface area contributed by atoms with E-state index in [0.717, 1.165) is 0 Å². The minimum absolute atomic E-state index is 0.152. The van der Waals surface area contributed by atoms with Crippen molar-refractivity contribution in [2.75, 3.05) is 0 Å². The van der Waals surface area contributed by atoms with Crippen molar-refractivity contribution in [3.8, 4) is 0 Å². The molecule has 0 saturated heterocycles. The molecule has 0 saturated carbocycles. The van der Waals surface area contributed by atoms with Crippen molar-refractivity contribution in [3.63, 3.8) is 0 Å². The zero-order chi connectivity index (χ0) is 9.68. The third-order valence-electron chi connectivity index (χ3n) is 1.60. The van der Waals surface area contributed by atoms with Crippen LogP contribution < -0.4 is 5.73 Å². The van der Waals surface area contributed by atoms with E-state index in [0.29, 0.717) is 12.0 Å². The minimum atomic E-state index is -0.538. The van der Waals surface area contributed by atoms with Crippen LogP contribution in [0.15, 0.2) is 31.4 Å². The Labute approximate surface area is 76.5 Å². The van der Waals surface area contributed by atoms with Crippen LogP contribution >= 0.6 is 0 Å². The van der Waals surface area contributed by atoms with E-state index < -0.39 is 6.04 Å². The molecule has 0 aromatic carbocycles. The Bertz CT molecular complexity index is 297. The number of hydrogen-bond acceptors (Lipinski definition) is 4. The summed E-state index contributed by atoms with van der Waals surface area (Å²) < 4.78 is 0. The molecule has 4 nitrogen and oxygen atoms in total. The van der Waals surface area contributed by atoms with Crippen molar-refractivity contribution in [2.45, 2.75) is 12.5 Å². The summed E-state index contributed by atoms with van der Waals surface area (Å²) in [6.45, 7) is 3.51. The molecule has 0 aliphatic heterocycles. The zero-order valence-electron chi connectivity index (χ0n) is 7.18. The molecule has 0 fully saturated rings. The predicted octanol–water partition coefficient (Wildman–Crippen LogP) is 0.563. The lowest BCUT2D eigenvalue weighted by molar-refractivity contribution is 0.0961. The second-order valence-electron chi connectivity index (χ2n) is 2.62. The molecule has 1 aromatic heterocycles. The van der Waals surface area contributed by atoms with E-state index in [4.69, 9.17) is 5.73 Å². The van der Waals surface area contributed by atoms with Crippen molar-refractivity contribution < 1.29 is 4.79 Å². The van der Waals surface area contributed by atoms with E-state index in [-0.39, 0.29) is 5.78 Å². The second kappa shape index (κ2) is 4.47. The number of carbonyl (C=O) groups excluding carboxylic acids is 1. The van der Waals surface area contributed by atoms with Crippen LogP contribution in [-0.4, -0.2) is 21.8 Å². The molecule has 13 heavy (non-hydrogen) atoms. The first-order valence-corrected chi connectivity index (χ1v) is 3.91. The molecule has 0 aliphatic carbocycles. The lowest BCUT2D eigenvalue weighted by atomic mass is 10.1. The summed E-state index contributed by atoms with van der Waals surface area (Å²) >= 11 is 0. The first-order valence-electron chi connectivity index (χ1n) is 3.91. The van der Waals surface area contributed by atoms with Gasteiger partial charge in [0.15, 0.2) is 5.78 Å². The van der Waals surface area contributed by atoms with Crippen LogP contribution in [0.5, 0.6) is 0 Å². The van der Waals surface area contributed by atoms with Gasteiger partial charge in [-0.2, -0.15) is 0 Å². The van der Waals surface area contributed by atoms with Gasteiger partial charge in [-0.15, -0.1) is 6.58 Å². The van der Waals surface area contributed by atoms with Crippen molar-refractivity contribution in [3.05, 3.63) is 36.9 Å². The van der Waals surface area contributed by atoms with Gasteiger partial charge in [-0.3, -0.25) is 4.79 Å². The average molecular weight is 177 g/mol. The van der Waals surface area contributed by atoms with Crippen LogP contribution in [0.25, 0.3) is 0 Å². The van der Waals surface area contributed by atoms with E-state index in [2.05, 4.69) is 16.5 Å². The SMILES string of the molecule is C=CCC(N)C(=O)c1cncnc1. The third kappa shape index (κ3) is 2.45. The molecule has 1 unspecified atom stereocenters. The summed E-state index contributed by atoms with van der Waals surface area (Å²) in [6, 6.07) is -0.538. The topological polar surface area (TPSA) is 68.9 Å². The summed E-state index contributed by atoms with van der Waals surface area (Å²) in [7, 11) is 0. The number of ketones is 1. The van der Waals surface area contributed by atoms with Gasteiger partial charge >= 0.3 is 0 Å². The maximum atomic E-state index is 11.5. The smallest absolute Gasteiger partial charge is 0.182 e. The highest BCUT2D eigenvalue weighted by atomic mass is 16.1. The summed E-state index contributed by atoms with van der Waals surface area (Å²) in [6.07, 6.45) is 6.37. The van der Waals surface area contributed by atoms with Crippen LogP contribution in [0.3, 0.4) is 0 Å². The molecule has 1 atom stereocenters. The molecule has 2 N–H and O–H groups in total. The molecule has 1 aromatic rings. The molecule has 0 radical (unpaired) electrons. The quantitative estimate of drug-likeness (QED) is 0.539. The Morgan fingerprint density at radius 2 is 2.23 bits per heavy atom. The Morgan fingerprint density at radius 1 is 1.62 bits per heavy atom. The zero-order valence-corrected chi connectivity index (χ0v) is 7.18. The Balaban J connectivity index is 2.73.